The maximum atomic E-state index is 12.2. The van der Waals surface area contributed by atoms with Gasteiger partial charge in [0.2, 0.25) is 5.91 Å². The summed E-state index contributed by atoms with van der Waals surface area (Å²) in [6.07, 6.45) is 8.06. The molecule has 1 unspecified atom stereocenters. The van der Waals surface area contributed by atoms with E-state index in [0.717, 1.165) is 26.1 Å². The Labute approximate surface area is 140 Å². The molecule has 1 aliphatic heterocycles. The minimum Gasteiger partial charge on any atom is -0.356 e. The predicted molar refractivity (Wildman–Crippen MR) is 94.4 cm³/mol. The Morgan fingerprint density at radius 1 is 1.04 bits per heavy atom. The van der Waals surface area contributed by atoms with Gasteiger partial charge in [-0.05, 0) is 74.9 Å². The van der Waals surface area contributed by atoms with Crippen LogP contribution in [0.5, 0.6) is 0 Å². The monoisotopic (exact) mass is 314 g/mol. The lowest BCUT2D eigenvalue weighted by molar-refractivity contribution is -0.122. The first-order chi connectivity index (χ1) is 11.3. The van der Waals surface area contributed by atoms with Crippen LogP contribution >= 0.6 is 0 Å². The van der Waals surface area contributed by atoms with Crippen LogP contribution in [0, 0.1) is 11.8 Å². The number of hydrogen-bond acceptors (Lipinski definition) is 2. The highest BCUT2D eigenvalue weighted by atomic mass is 16.1. The second-order valence-corrected chi connectivity index (χ2v) is 7.35. The number of hydrogen-bond donors (Lipinski definition) is 2. The third-order valence-corrected chi connectivity index (χ3v) is 5.58. The molecular formula is C20H30N2O. The SMILES string of the molecule is O=C(CC1CCC(c2ccccc2)CC1)NCC1CCCNC1. The van der Waals surface area contributed by atoms with Crippen molar-refractivity contribution in [2.75, 3.05) is 19.6 Å². The van der Waals surface area contributed by atoms with Crippen LogP contribution in [0.2, 0.25) is 0 Å². The third-order valence-electron chi connectivity index (χ3n) is 5.58. The van der Waals surface area contributed by atoms with Crippen molar-refractivity contribution < 1.29 is 4.79 Å². The summed E-state index contributed by atoms with van der Waals surface area (Å²) in [5.74, 6) is 2.17. The zero-order valence-electron chi connectivity index (χ0n) is 14.1. The van der Waals surface area contributed by atoms with E-state index in [1.54, 1.807) is 0 Å². The van der Waals surface area contributed by atoms with E-state index in [2.05, 4.69) is 41.0 Å². The Morgan fingerprint density at radius 3 is 2.52 bits per heavy atom. The first-order valence-electron chi connectivity index (χ1n) is 9.33. The molecule has 1 saturated carbocycles. The molecule has 1 atom stereocenters. The van der Waals surface area contributed by atoms with Gasteiger partial charge in [-0.1, -0.05) is 30.3 Å². The quantitative estimate of drug-likeness (QED) is 0.874. The van der Waals surface area contributed by atoms with Crippen LogP contribution in [0.3, 0.4) is 0 Å². The van der Waals surface area contributed by atoms with Gasteiger partial charge in [-0.3, -0.25) is 4.79 Å². The average Bonchev–Trinajstić information content (AvgIpc) is 2.62. The number of benzene rings is 1. The molecule has 3 heteroatoms. The lowest BCUT2D eigenvalue weighted by Crippen LogP contribution is -2.38. The van der Waals surface area contributed by atoms with E-state index in [0.29, 0.717) is 17.8 Å². The highest BCUT2D eigenvalue weighted by molar-refractivity contribution is 5.76. The Balaban J connectivity index is 1.36. The van der Waals surface area contributed by atoms with Gasteiger partial charge in [-0.15, -0.1) is 0 Å². The van der Waals surface area contributed by atoms with Crippen LogP contribution in [0.1, 0.15) is 56.4 Å². The molecule has 1 heterocycles. The van der Waals surface area contributed by atoms with Crippen molar-refractivity contribution in [2.24, 2.45) is 11.8 Å². The number of piperidine rings is 1. The van der Waals surface area contributed by atoms with E-state index >= 15 is 0 Å². The van der Waals surface area contributed by atoms with Crippen molar-refractivity contribution in [1.82, 2.24) is 10.6 Å². The summed E-state index contributed by atoms with van der Waals surface area (Å²) in [6, 6.07) is 10.8. The summed E-state index contributed by atoms with van der Waals surface area (Å²) in [6.45, 7) is 3.04. The number of rotatable bonds is 5. The molecule has 2 fully saturated rings. The van der Waals surface area contributed by atoms with Gasteiger partial charge in [0.1, 0.15) is 0 Å². The largest absolute Gasteiger partial charge is 0.356 e. The highest BCUT2D eigenvalue weighted by Crippen LogP contribution is 2.36. The van der Waals surface area contributed by atoms with Gasteiger partial charge in [0.05, 0.1) is 0 Å². The molecule has 2 aliphatic rings. The second kappa shape index (κ2) is 8.49. The summed E-state index contributed by atoms with van der Waals surface area (Å²) >= 11 is 0. The number of carbonyl (C=O) groups is 1. The van der Waals surface area contributed by atoms with Crippen LogP contribution in [-0.2, 0) is 4.79 Å². The van der Waals surface area contributed by atoms with Crippen molar-refractivity contribution in [3.8, 4) is 0 Å². The molecule has 0 bridgehead atoms. The normalized spacial score (nSPS) is 28.3. The molecule has 1 aromatic carbocycles. The van der Waals surface area contributed by atoms with Crippen LogP contribution in [0.15, 0.2) is 30.3 Å². The Bertz CT molecular complexity index is 474. The predicted octanol–water partition coefficient (Wildman–Crippen LogP) is 3.47. The molecule has 1 aromatic rings. The second-order valence-electron chi connectivity index (χ2n) is 7.35. The minimum absolute atomic E-state index is 0.263. The maximum Gasteiger partial charge on any atom is 0.220 e. The molecule has 1 amide bonds. The lowest BCUT2D eigenvalue weighted by Gasteiger charge is -2.29. The van der Waals surface area contributed by atoms with E-state index < -0.39 is 0 Å². The van der Waals surface area contributed by atoms with Crippen molar-refractivity contribution in [2.45, 2.75) is 50.9 Å². The molecule has 0 spiro atoms. The van der Waals surface area contributed by atoms with Crippen molar-refractivity contribution in [3.63, 3.8) is 0 Å². The van der Waals surface area contributed by atoms with E-state index in [4.69, 9.17) is 0 Å². The number of carbonyl (C=O) groups excluding carboxylic acids is 1. The van der Waals surface area contributed by atoms with Crippen molar-refractivity contribution >= 4 is 5.91 Å². The first-order valence-corrected chi connectivity index (χ1v) is 9.33. The van der Waals surface area contributed by atoms with Gasteiger partial charge in [0.25, 0.3) is 0 Å². The standard InChI is InChI=1S/C20H30N2O/c23-20(22-15-17-5-4-12-21-14-17)13-16-8-10-19(11-9-16)18-6-2-1-3-7-18/h1-3,6-7,16-17,19,21H,4-5,8-15H2,(H,22,23). The number of nitrogens with one attached hydrogen (secondary N) is 2. The Hall–Kier alpha value is -1.35. The van der Waals surface area contributed by atoms with Crippen molar-refractivity contribution in [3.05, 3.63) is 35.9 Å². The molecule has 0 aromatic heterocycles. The van der Waals surface area contributed by atoms with E-state index in [1.165, 1.54) is 44.1 Å². The summed E-state index contributed by atoms with van der Waals surface area (Å²) in [4.78, 5) is 12.2. The van der Waals surface area contributed by atoms with Crippen LogP contribution < -0.4 is 10.6 Å². The minimum atomic E-state index is 0.263. The van der Waals surface area contributed by atoms with Gasteiger partial charge in [0, 0.05) is 13.0 Å². The molecule has 1 aliphatic carbocycles. The summed E-state index contributed by atoms with van der Waals surface area (Å²) in [5, 5.41) is 6.57. The van der Waals surface area contributed by atoms with Crippen LogP contribution in [0.4, 0.5) is 0 Å². The Morgan fingerprint density at radius 2 is 1.83 bits per heavy atom. The fourth-order valence-electron chi connectivity index (χ4n) is 4.12. The summed E-state index contributed by atoms with van der Waals surface area (Å²) in [7, 11) is 0. The zero-order chi connectivity index (χ0) is 15.9. The molecule has 0 radical (unpaired) electrons. The number of amides is 1. The lowest BCUT2D eigenvalue weighted by atomic mass is 9.77. The Kier molecular flexibility index (Phi) is 6.09. The highest BCUT2D eigenvalue weighted by Gasteiger charge is 2.24. The van der Waals surface area contributed by atoms with Crippen LogP contribution in [-0.4, -0.2) is 25.5 Å². The fraction of sp³-hybridized carbons (Fsp3) is 0.650. The summed E-state index contributed by atoms with van der Waals surface area (Å²) in [5.41, 5.74) is 1.47. The average molecular weight is 314 g/mol. The van der Waals surface area contributed by atoms with E-state index in [-0.39, 0.29) is 5.91 Å². The van der Waals surface area contributed by atoms with Gasteiger partial charge in [-0.25, -0.2) is 0 Å². The topological polar surface area (TPSA) is 41.1 Å². The van der Waals surface area contributed by atoms with E-state index in [1.807, 2.05) is 0 Å². The van der Waals surface area contributed by atoms with Crippen molar-refractivity contribution in [1.29, 1.82) is 0 Å². The van der Waals surface area contributed by atoms with Crippen LogP contribution in [0.25, 0.3) is 0 Å². The molecule has 126 valence electrons. The first kappa shape index (κ1) is 16.5. The molecule has 2 N–H and O–H groups in total. The van der Waals surface area contributed by atoms with Gasteiger partial charge in [-0.2, -0.15) is 0 Å². The fourth-order valence-corrected chi connectivity index (χ4v) is 4.12. The molecule has 1 saturated heterocycles. The molecule has 3 rings (SSSR count). The third kappa shape index (κ3) is 5.07. The smallest absolute Gasteiger partial charge is 0.220 e. The molecule has 23 heavy (non-hydrogen) atoms. The molecular weight excluding hydrogens is 284 g/mol. The molecule has 3 nitrogen and oxygen atoms in total. The van der Waals surface area contributed by atoms with Gasteiger partial charge >= 0.3 is 0 Å². The van der Waals surface area contributed by atoms with Gasteiger partial charge in [0.15, 0.2) is 0 Å². The van der Waals surface area contributed by atoms with Gasteiger partial charge < -0.3 is 10.6 Å². The summed E-state index contributed by atoms with van der Waals surface area (Å²) < 4.78 is 0. The van der Waals surface area contributed by atoms with E-state index in [9.17, 15) is 4.79 Å². The zero-order valence-corrected chi connectivity index (χ0v) is 14.1. The maximum absolute atomic E-state index is 12.2.